The molecule has 0 aliphatic rings. The third-order valence-corrected chi connectivity index (χ3v) is 6.63. The van der Waals surface area contributed by atoms with E-state index >= 15 is 0 Å². The second-order valence-corrected chi connectivity index (χ2v) is 11.7. The molecule has 0 unspecified atom stereocenters. The molecule has 2 aromatic carbocycles. The number of carbonyl (C=O) groups is 2. The molecule has 0 aliphatic heterocycles. The minimum absolute atomic E-state index is 0.284. The number of anilines is 1. The molecule has 0 radical (unpaired) electrons. The Morgan fingerprint density at radius 1 is 0.971 bits per heavy atom. The van der Waals surface area contributed by atoms with Gasteiger partial charge in [0.2, 0.25) is 21.8 Å². The predicted octanol–water partition coefficient (Wildman–Crippen LogP) is 3.44. The Morgan fingerprint density at radius 3 is 2.03 bits per heavy atom. The van der Waals surface area contributed by atoms with Gasteiger partial charge in [0.15, 0.2) is 0 Å². The van der Waals surface area contributed by atoms with Crippen molar-refractivity contribution in [2.24, 2.45) is 0 Å². The van der Waals surface area contributed by atoms with E-state index in [1.807, 2.05) is 83.1 Å². The molecule has 0 fully saturated rings. The molecule has 8 heteroatoms. The first-order valence-electron chi connectivity index (χ1n) is 11.4. The van der Waals surface area contributed by atoms with Crippen molar-refractivity contribution < 1.29 is 18.0 Å². The molecule has 0 spiro atoms. The van der Waals surface area contributed by atoms with Crippen molar-refractivity contribution >= 4 is 27.5 Å². The lowest BCUT2D eigenvalue weighted by Gasteiger charge is -2.33. The van der Waals surface area contributed by atoms with E-state index < -0.39 is 27.5 Å². The molecule has 34 heavy (non-hydrogen) atoms. The Kier molecular flexibility index (Phi) is 8.89. The van der Waals surface area contributed by atoms with Gasteiger partial charge in [-0.25, -0.2) is 8.42 Å². The zero-order valence-electron chi connectivity index (χ0n) is 21.3. The van der Waals surface area contributed by atoms with Crippen LogP contribution in [0.25, 0.3) is 0 Å². The molecule has 2 rings (SSSR count). The summed E-state index contributed by atoms with van der Waals surface area (Å²) in [5.74, 6) is -0.715. The van der Waals surface area contributed by atoms with Crippen molar-refractivity contribution in [1.29, 1.82) is 0 Å². The molecule has 1 N–H and O–H groups in total. The average molecular weight is 488 g/mol. The highest BCUT2D eigenvalue weighted by molar-refractivity contribution is 7.92. The molecule has 7 nitrogen and oxygen atoms in total. The molecule has 0 heterocycles. The molecule has 2 aromatic rings. The summed E-state index contributed by atoms with van der Waals surface area (Å²) in [4.78, 5) is 28.0. The second-order valence-electron chi connectivity index (χ2n) is 9.75. The highest BCUT2D eigenvalue weighted by atomic mass is 32.2. The number of hydrogen-bond acceptors (Lipinski definition) is 4. The number of nitrogens with zero attached hydrogens (tertiary/aromatic N) is 2. The largest absolute Gasteiger partial charge is 0.350 e. The van der Waals surface area contributed by atoms with Gasteiger partial charge in [0.1, 0.15) is 12.6 Å². The minimum atomic E-state index is -3.75. The molecule has 0 saturated carbocycles. The standard InChI is InChI=1S/C26H37N3O4S/c1-19-12-11-13-20(2)24(19)29(34(7,32)33)18-23(30)28(17-16-22-14-9-8-10-15-22)21(3)25(31)27-26(4,5)6/h8-15,21H,16-18H2,1-7H3,(H,27,31)/t21-/m1/s1. The van der Waals surface area contributed by atoms with Crippen LogP contribution in [-0.4, -0.2) is 56.1 Å². The molecule has 0 aliphatic carbocycles. The van der Waals surface area contributed by atoms with Crippen molar-refractivity contribution in [1.82, 2.24) is 10.2 Å². The number of para-hydroxylation sites is 1. The number of carbonyl (C=O) groups excluding carboxylic acids is 2. The fraction of sp³-hybridized carbons (Fsp3) is 0.462. The van der Waals surface area contributed by atoms with Crippen LogP contribution in [0, 0.1) is 13.8 Å². The Morgan fingerprint density at radius 2 is 1.53 bits per heavy atom. The van der Waals surface area contributed by atoms with Crippen LogP contribution in [-0.2, 0) is 26.0 Å². The summed E-state index contributed by atoms with van der Waals surface area (Å²) in [6.45, 7) is 10.8. The minimum Gasteiger partial charge on any atom is -0.350 e. The quantitative estimate of drug-likeness (QED) is 0.587. The lowest BCUT2D eigenvalue weighted by atomic mass is 10.1. The van der Waals surface area contributed by atoms with E-state index in [0.717, 1.165) is 27.3 Å². The SMILES string of the molecule is Cc1cccc(C)c1N(CC(=O)N(CCc1ccccc1)[C@H](C)C(=O)NC(C)(C)C)S(C)(=O)=O. The van der Waals surface area contributed by atoms with Crippen LogP contribution in [0.5, 0.6) is 0 Å². The normalized spacial score (nSPS) is 12.7. The Hall–Kier alpha value is -2.87. The van der Waals surface area contributed by atoms with E-state index in [1.54, 1.807) is 6.92 Å². The number of rotatable bonds is 9. The van der Waals surface area contributed by atoms with Crippen LogP contribution in [0.2, 0.25) is 0 Å². The summed E-state index contributed by atoms with van der Waals surface area (Å²) in [5, 5.41) is 2.92. The molecule has 2 amide bonds. The summed E-state index contributed by atoms with van der Waals surface area (Å²) < 4.78 is 26.6. The van der Waals surface area contributed by atoms with Gasteiger partial charge in [0.05, 0.1) is 11.9 Å². The van der Waals surface area contributed by atoms with Gasteiger partial charge in [-0.05, 0) is 64.7 Å². The van der Waals surface area contributed by atoms with Crippen molar-refractivity contribution in [3.63, 3.8) is 0 Å². The van der Waals surface area contributed by atoms with Gasteiger partial charge < -0.3 is 10.2 Å². The molecule has 186 valence electrons. The molecule has 0 aromatic heterocycles. The summed E-state index contributed by atoms with van der Waals surface area (Å²) >= 11 is 0. The highest BCUT2D eigenvalue weighted by Crippen LogP contribution is 2.27. The zero-order valence-corrected chi connectivity index (χ0v) is 22.1. The first-order chi connectivity index (χ1) is 15.7. The maximum Gasteiger partial charge on any atom is 0.244 e. The number of amides is 2. The van der Waals surface area contributed by atoms with E-state index in [9.17, 15) is 18.0 Å². The van der Waals surface area contributed by atoms with Gasteiger partial charge in [-0.15, -0.1) is 0 Å². The lowest BCUT2D eigenvalue weighted by molar-refractivity contribution is -0.139. The summed E-state index contributed by atoms with van der Waals surface area (Å²) in [5.41, 5.74) is 2.57. The number of hydrogen-bond donors (Lipinski definition) is 1. The van der Waals surface area contributed by atoms with Gasteiger partial charge >= 0.3 is 0 Å². The van der Waals surface area contributed by atoms with Gasteiger partial charge in [-0.1, -0.05) is 48.5 Å². The summed E-state index contributed by atoms with van der Waals surface area (Å²) in [6, 6.07) is 14.4. The maximum atomic E-state index is 13.6. The smallest absolute Gasteiger partial charge is 0.244 e. The maximum absolute atomic E-state index is 13.6. The number of sulfonamides is 1. The Balaban J connectivity index is 2.38. The summed E-state index contributed by atoms with van der Waals surface area (Å²) in [6.07, 6.45) is 1.64. The van der Waals surface area contributed by atoms with E-state index in [0.29, 0.717) is 12.1 Å². The van der Waals surface area contributed by atoms with E-state index in [2.05, 4.69) is 5.32 Å². The Labute approximate surface area is 204 Å². The lowest BCUT2D eigenvalue weighted by Crippen LogP contribution is -2.55. The van der Waals surface area contributed by atoms with Crippen LogP contribution in [0.15, 0.2) is 48.5 Å². The van der Waals surface area contributed by atoms with Gasteiger partial charge in [-0.3, -0.25) is 13.9 Å². The highest BCUT2D eigenvalue weighted by Gasteiger charge is 2.31. The van der Waals surface area contributed by atoms with Crippen LogP contribution in [0.4, 0.5) is 5.69 Å². The predicted molar refractivity (Wildman–Crippen MR) is 137 cm³/mol. The average Bonchev–Trinajstić information content (AvgIpc) is 2.71. The fourth-order valence-electron chi connectivity index (χ4n) is 3.82. The zero-order chi connectivity index (χ0) is 25.7. The van der Waals surface area contributed by atoms with Crippen molar-refractivity contribution in [3.8, 4) is 0 Å². The van der Waals surface area contributed by atoms with Crippen molar-refractivity contribution in [2.75, 3.05) is 23.7 Å². The first-order valence-corrected chi connectivity index (χ1v) is 13.2. The first kappa shape index (κ1) is 27.4. The van der Waals surface area contributed by atoms with E-state index in [-0.39, 0.29) is 19.0 Å². The van der Waals surface area contributed by atoms with E-state index in [1.165, 1.54) is 4.90 Å². The monoisotopic (exact) mass is 487 g/mol. The molecular formula is C26H37N3O4S. The van der Waals surface area contributed by atoms with Gasteiger partial charge in [0, 0.05) is 12.1 Å². The van der Waals surface area contributed by atoms with Gasteiger partial charge in [0.25, 0.3) is 0 Å². The number of nitrogens with one attached hydrogen (secondary N) is 1. The number of aryl methyl sites for hydroxylation is 2. The summed E-state index contributed by atoms with van der Waals surface area (Å²) in [7, 11) is -3.75. The number of benzene rings is 2. The van der Waals surface area contributed by atoms with Gasteiger partial charge in [-0.2, -0.15) is 0 Å². The molecular weight excluding hydrogens is 450 g/mol. The fourth-order valence-corrected chi connectivity index (χ4v) is 4.78. The molecule has 1 atom stereocenters. The molecule has 0 saturated heterocycles. The third kappa shape index (κ3) is 7.58. The van der Waals surface area contributed by atoms with Crippen LogP contribution < -0.4 is 9.62 Å². The second kappa shape index (κ2) is 11.0. The third-order valence-electron chi connectivity index (χ3n) is 5.52. The Bertz CT molecular complexity index is 1090. The molecule has 0 bridgehead atoms. The van der Waals surface area contributed by atoms with Crippen LogP contribution in [0.1, 0.15) is 44.4 Å². The van der Waals surface area contributed by atoms with Crippen LogP contribution in [0.3, 0.4) is 0 Å². The topological polar surface area (TPSA) is 86.8 Å². The van der Waals surface area contributed by atoms with Crippen molar-refractivity contribution in [2.45, 2.75) is 59.5 Å². The van der Waals surface area contributed by atoms with E-state index in [4.69, 9.17) is 0 Å². The van der Waals surface area contributed by atoms with Crippen LogP contribution >= 0.6 is 0 Å². The van der Waals surface area contributed by atoms with Crippen molar-refractivity contribution in [3.05, 3.63) is 65.2 Å².